The van der Waals surface area contributed by atoms with E-state index in [0.29, 0.717) is 5.15 Å². The zero-order chi connectivity index (χ0) is 10.7. The van der Waals surface area contributed by atoms with Crippen LogP contribution in [0.15, 0.2) is 30.7 Å². The molecule has 0 atom stereocenters. The zero-order valence-corrected chi connectivity index (χ0v) is 9.07. The van der Waals surface area contributed by atoms with Crippen LogP contribution in [0.1, 0.15) is 12.5 Å². The maximum absolute atomic E-state index is 5.68. The molecule has 0 aliphatic heterocycles. The smallest absolute Gasteiger partial charge is 0.147 e. The number of aryl methyl sites for hydroxylation is 1. The number of hydrogen-bond donors (Lipinski definition) is 0. The molecule has 2 aromatic heterocycles. The molecule has 4 heteroatoms. The van der Waals surface area contributed by atoms with Gasteiger partial charge in [0.1, 0.15) is 10.8 Å². The first-order chi connectivity index (χ1) is 7.31. The first-order valence-electron chi connectivity index (χ1n) is 4.73. The lowest BCUT2D eigenvalue weighted by molar-refractivity contribution is 1.09. The Morgan fingerprint density at radius 3 is 2.73 bits per heavy atom. The molecule has 15 heavy (non-hydrogen) atoms. The quantitative estimate of drug-likeness (QED) is 0.780. The number of aromatic nitrogens is 3. The number of pyridine rings is 1. The fourth-order valence-corrected chi connectivity index (χ4v) is 1.49. The van der Waals surface area contributed by atoms with Crippen LogP contribution in [0.3, 0.4) is 0 Å². The van der Waals surface area contributed by atoms with Crippen molar-refractivity contribution in [1.29, 1.82) is 0 Å². The second-order valence-electron chi connectivity index (χ2n) is 3.09. The molecule has 0 saturated carbocycles. The molecular weight excluding hydrogens is 210 g/mol. The molecule has 3 nitrogen and oxygen atoms in total. The number of rotatable bonds is 2. The molecule has 2 aromatic rings. The molecule has 2 rings (SSSR count). The Morgan fingerprint density at radius 1 is 1.20 bits per heavy atom. The summed E-state index contributed by atoms with van der Waals surface area (Å²) in [6.45, 7) is 2.09. The third kappa shape index (κ3) is 2.13. The van der Waals surface area contributed by atoms with E-state index in [-0.39, 0.29) is 0 Å². The monoisotopic (exact) mass is 219 g/mol. The van der Waals surface area contributed by atoms with E-state index >= 15 is 0 Å². The van der Waals surface area contributed by atoms with Crippen molar-refractivity contribution >= 4 is 11.6 Å². The summed E-state index contributed by atoms with van der Waals surface area (Å²) >= 11 is 5.68. The van der Waals surface area contributed by atoms with Crippen molar-refractivity contribution in [2.45, 2.75) is 13.3 Å². The molecule has 0 amide bonds. The van der Waals surface area contributed by atoms with Gasteiger partial charge in [-0.3, -0.25) is 4.98 Å². The van der Waals surface area contributed by atoms with E-state index < -0.39 is 0 Å². The van der Waals surface area contributed by atoms with Crippen LogP contribution >= 0.6 is 11.6 Å². The summed E-state index contributed by atoms with van der Waals surface area (Å²) in [5.41, 5.74) is 2.80. The number of nitrogens with zero attached hydrogens (tertiary/aromatic N) is 3. The lowest BCUT2D eigenvalue weighted by Gasteiger charge is -2.04. The topological polar surface area (TPSA) is 38.7 Å². The summed E-state index contributed by atoms with van der Waals surface area (Å²) < 4.78 is 0. The largest absolute Gasteiger partial charge is 0.254 e. The van der Waals surface area contributed by atoms with Gasteiger partial charge in [0, 0.05) is 6.20 Å². The fourth-order valence-electron chi connectivity index (χ4n) is 1.39. The molecule has 0 N–H and O–H groups in total. The van der Waals surface area contributed by atoms with Crippen LogP contribution in [0.4, 0.5) is 0 Å². The SMILES string of the molecule is CCc1cccnc1-c1cnc(Cl)cn1. The van der Waals surface area contributed by atoms with Crippen molar-refractivity contribution in [3.05, 3.63) is 41.4 Å². The summed E-state index contributed by atoms with van der Waals surface area (Å²) in [6, 6.07) is 3.96. The van der Waals surface area contributed by atoms with Gasteiger partial charge in [0.2, 0.25) is 0 Å². The summed E-state index contributed by atoms with van der Waals surface area (Å²) in [7, 11) is 0. The van der Waals surface area contributed by atoms with Crippen molar-refractivity contribution in [2.24, 2.45) is 0 Å². The zero-order valence-electron chi connectivity index (χ0n) is 8.31. The summed E-state index contributed by atoms with van der Waals surface area (Å²) in [4.78, 5) is 12.5. The van der Waals surface area contributed by atoms with E-state index in [1.165, 1.54) is 6.20 Å². The highest BCUT2D eigenvalue weighted by Gasteiger charge is 2.05. The van der Waals surface area contributed by atoms with E-state index in [1.54, 1.807) is 12.4 Å². The lowest BCUT2D eigenvalue weighted by atomic mass is 10.1. The van der Waals surface area contributed by atoms with Crippen molar-refractivity contribution in [1.82, 2.24) is 15.0 Å². The second-order valence-corrected chi connectivity index (χ2v) is 3.48. The minimum atomic E-state index is 0.396. The van der Waals surface area contributed by atoms with E-state index in [4.69, 9.17) is 11.6 Å². The fraction of sp³-hybridized carbons (Fsp3) is 0.182. The normalized spacial score (nSPS) is 10.3. The van der Waals surface area contributed by atoms with Crippen LogP contribution in [0.5, 0.6) is 0 Å². The third-order valence-electron chi connectivity index (χ3n) is 2.14. The van der Waals surface area contributed by atoms with Crippen molar-refractivity contribution in [2.75, 3.05) is 0 Å². The van der Waals surface area contributed by atoms with Crippen molar-refractivity contribution < 1.29 is 0 Å². The highest BCUT2D eigenvalue weighted by atomic mass is 35.5. The van der Waals surface area contributed by atoms with Crippen LogP contribution in [0.25, 0.3) is 11.4 Å². The maximum atomic E-state index is 5.68. The molecule has 2 heterocycles. The highest BCUT2D eigenvalue weighted by molar-refractivity contribution is 6.29. The van der Waals surface area contributed by atoms with Gasteiger partial charge in [0.05, 0.1) is 18.1 Å². The molecule has 0 radical (unpaired) electrons. The summed E-state index contributed by atoms with van der Waals surface area (Å²) in [5, 5.41) is 0.396. The van der Waals surface area contributed by atoms with Gasteiger partial charge in [-0.15, -0.1) is 0 Å². The van der Waals surface area contributed by atoms with Gasteiger partial charge < -0.3 is 0 Å². The van der Waals surface area contributed by atoms with Gasteiger partial charge in [-0.05, 0) is 18.1 Å². The van der Waals surface area contributed by atoms with Gasteiger partial charge in [0.25, 0.3) is 0 Å². The van der Waals surface area contributed by atoms with Crippen LogP contribution in [-0.4, -0.2) is 15.0 Å². The molecule has 0 fully saturated rings. The number of halogens is 1. The molecule has 0 aromatic carbocycles. The standard InChI is InChI=1S/C11H10ClN3/c1-2-8-4-3-5-13-11(8)9-6-15-10(12)7-14-9/h3-7H,2H2,1H3. The predicted octanol–water partition coefficient (Wildman–Crippen LogP) is 2.75. The van der Waals surface area contributed by atoms with Gasteiger partial charge in [-0.2, -0.15) is 0 Å². The van der Waals surface area contributed by atoms with Gasteiger partial charge >= 0.3 is 0 Å². The summed E-state index contributed by atoms with van der Waals surface area (Å²) in [6.07, 6.45) is 5.85. The van der Waals surface area contributed by atoms with E-state index in [9.17, 15) is 0 Å². The van der Waals surface area contributed by atoms with Crippen molar-refractivity contribution in [3.8, 4) is 11.4 Å². The Labute approximate surface area is 93.2 Å². The van der Waals surface area contributed by atoms with E-state index in [0.717, 1.165) is 23.4 Å². The molecule has 0 saturated heterocycles. The van der Waals surface area contributed by atoms with Gasteiger partial charge in [-0.1, -0.05) is 24.6 Å². The van der Waals surface area contributed by atoms with Gasteiger partial charge in [0.15, 0.2) is 0 Å². The molecule has 0 unspecified atom stereocenters. The predicted molar refractivity (Wildman–Crippen MR) is 59.7 cm³/mol. The highest BCUT2D eigenvalue weighted by Crippen LogP contribution is 2.19. The molecule has 0 bridgehead atoms. The lowest BCUT2D eigenvalue weighted by Crippen LogP contribution is -1.94. The second kappa shape index (κ2) is 4.36. The average Bonchev–Trinajstić information content (AvgIpc) is 2.30. The Morgan fingerprint density at radius 2 is 2.07 bits per heavy atom. The third-order valence-corrected chi connectivity index (χ3v) is 2.33. The Balaban J connectivity index is 2.49. The van der Waals surface area contributed by atoms with Crippen LogP contribution in [-0.2, 0) is 6.42 Å². The first-order valence-corrected chi connectivity index (χ1v) is 5.11. The Hall–Kier alpha value is -1.48. The van der Waals surface area contributed by atoms with E-state index in [1.807, 2.05) is 12.1 Å². The minimum Gasteiger partial charge on any atom is -0.254 e. The maximum Gasteiger partial charge on any atom is 0.147 e. The van der Waals surface area contributed by atoms with Crippen LogP contribution in [0, 0.1) is 0 Å². The first kappa shape index (κ1) is 10.1. The van der Waals surface area contributed by atoms with E-state index in [2.05, 4.69) is 21.9 Å². The average molecular weight is 220 g/mol. The molecule has 0 spiro atoms. The number of hydrogen-bond acceptors (Lipinski definition) is 3. The Bertz CT molecular complexity index is 454. The van der Waals surface area contributed by atoms with Crippen molar-refractivity contribution in [3.63, 3.8) is 0 Å². The molecule has 0 aliphatic rings. The molecule has 0 aliphatic carbocycles. The minimum absolute atomic E-state index is 0.396. The van der Waals surface area contributed by atoms with Gasteiger partial charge in [-0.25, -0.2) is 9.97 Å². The van der Waals surface area contributed by atoms with Crippen LogP contribution in [0.2, 0.25) is 5.15 Å². The molecule has 76 valence electrons. The summed E-state index contributed by atoms with van der Waals surface area (Å²) in [5.74, 6) is 0. The molecular formula is C11H10ClN3. The van der Waals surface area contributed by atoms with Crippen LogP contribution < -0.4 is 0 Å². The Kier molecular flexibility index (Phi) is 2.92.